The molecule has 1 amide bonds. The number of carbonyl (C=O) groups is 1. The van der Waals surface area contributed by atoms with E-state index in [2.05, 4.69) is 20.6 Å². The van der Waals surface area contributed by atoms with Crippen LogP contribution >= 0.6 is 11.3 Å². The van der Waals surface area contributed by atoms with Crippen LogP contribution in [-0.4, -0.2) is 87.3 Å². The van der Waals surface area contributed by atoms with Gasteiger partial charge in [0.05, 0.1) is 17.8 Å². The predicted molar refractivity (Wildman–Crippen MR) is 154 cm³/mol. The molecule has 0 saturated carbocycles. The number of anilines is 1. The third kappa shape index (κ3) is 6.40. The molecule has 17 heteroatoms. The average Bonchev–Trinajstić information content (AvgIpc) is 3.23. The van der Waals surface area contributed by atoms with Gasteiger partial charge >= 0.3 is 10.3 Å². The highest BCUT2D eigenvalue weighted by molar-refractivity contribution is 7.83. The van der Waals surface area contributed by atoms with E-state index in [4.69, 9.17) is 25.8 Å². The highest BCUT2D eigenvalue weighted by Gasteiger charge is 2.69. The Kier molecular flexibility index (Phi) is 8.49. The van der Waals surface area contributed by atoms with Crippen LogP contribution in [0.25, 0.3) is 11.1 Å². The Balaban J connectivity index is 1.18. The molecule has 2 aliphatic rings. The van der Waals surface area contributed by atoms with Gasteiger partial charge in [-0.1, -0.05) is 17.3 Å². The lowest BCUT2D eigenvalue weighted by atomic mass is 9.96. The molecule has 2 fully saturated rings. The number of carbonyl (C=O) groups excluding carboxylic acids is 1. The number of thiazole rings is 1. The van der Waals surface area contributed by atoms with Crippen LogP contribution < -0.4 is 21.5 Å². The summed E-state index contributed by atoms with van der Waals surface area (Å²) in [5, 5.41) is 12.9. The van der Waals surface area contributed by atoms with Crippen LogP contribution in [0.4, 0.5) is 5.13 Å². The van der Waals surface area contributed by atoms with Gasteiger partial charge in [0, 0.05) is 23.7 Å². The summed E-state index contributed by atoms with van der Waals surface area (Å²) in [6, 6.07) is 6.74. The number of amides is 1. The van der Waals surface area contributed by atoms with E-state index in [1.807, 2.05) is 35.1 Å². The molecule has 6 N–H and O–H groups in total. The number of hydrogen-bond donors (Lipinski definition) is 4. The summed E-state index contributed by atoms with van der Waals surface area (Å²) in [5.74, 6) is -0.0504. The van der Waals surface area contributed by atoms with Gasteiger partial charge in [-0.15, -0.1) is 15.6 Å². The van der Waals surface area contributed by atoms with E-state index in [0.29, 0.717) is 12.3 Å². The van der Waals surface area contributed by atoms with Gasteiger partial charge in [-0.2, -0.15) is 13.5 Å². The highest BCUT2D eigenvalue weighted by atomic mass is 32.2. The molecule has 3 aromatic rings. The predicted octanol–water partition coefficient (Wildman–Crippen LogP) is 0.844. The number of ether oxygens (including phenoxy) is 2. The first kappa shape index (κ1) is 29.9. The number of benzene rings is 1. The van der Waals surface area contributed by atoms with Crippen molar-refractivity contribution in [2.75, 3.05) is 25.5 Å². The summed E-state index contributed by atoms with van der Waals surface area (Å²) >= 11 is 1.12. The molecule has 3 unspecified atom stereocenters. The summed E-state index contributed by atoms with van der Waals surface area (Å²) < 4.78 is 47.3. The lowest BCUT2D eigenvalue weighted by Gasteiger charge is -2.35. The Labute approximate surface area is 246 Å². The van der Waals surface area contributed by atoms with Crippen molar-refractivity contribution < 1.29 is 32.1 Å². The van der Waals surface area contributed by atoms with Crippen LogP contribution in [0.5, 0.6) is 5.75 Å². The normalized spacial score (nSPS) is 21.6. The minimum atomic E-state index is -4.56. The molecule has 0 bridgehead atoms. The van der Waals surface area contributed by atoms with Crippen molar-refractivity contribution in [1.82, 2.24) is 24.4 Å². The average molecular weight is 621 g/mol. The molecule has 3 atom stereocenters. The Morgan fingerprint density at radius 2 is 2.02 bits per heavy atom. The molecule has 0 aliphatic carbocycles. The second kappa shape index (κ2) is 11.9. The minimum Gasteiger partial charge on any atom is -0.490 e. The van der Waals surface area contributed by atoms with E-state index in [1.165, 1.54) is 0 Å². The van der Waals surface area contributed by atoms with Gasteiger partial charge in [-0.25, -0.2) is 4.98 Å². The van der Waals surface area contributed by atoms with Gasteiger partial charge in [0.15, 0.2) is 23.7 Å². The summed E-state index contributed by atoms with van der Waals surface area (Å²) in [7, 11) is -4.56. The summed E-state index contributed by atoms with van der Waals surface area (Å²) in [6.07, 6.45) is 3.14. The van der Waals surface area contributed by atoms with Crippen LogP contribution in [-0.2, 0) is 31.2 Å². The van der Waals surface area contributed by atoms with E-state index >= 15 is 0 Å². The second-order valence-corrected chi connectivity index (χ2v) is 12.4. The van der Waals surface area contributed by atoms with Crippen molar-refractivity contribution in [3.8, 4) is 16.9 Å². The molecule has 2 aliphatic heterocycles. The molecule has 5 rings (SSSR count). The Morgan fingerprint density at radius 3 is 2.67 bits per heavy atom. The number of nitrogen functional groups attached to an aromatic ring is 1. The summed E-state index contributed by atoms with van der Waals surface area (Å²) in [4.78, 5) is 22.8. The van der Waals surface area contributed by atoms with Crippen LogP contribution in [0.1, 0.15) is 26.0 Å². The van der Waals surface area contributed by atoms with Crippen molar-refractivity contribution >= 4 is 38.4 Å². The molecule has 4 heterocycles. The number of aromatic nitrogens is 3. The maximum absolute atomic E-state index is 13.3. The summed E-state index contributed by atoms with van der Waals surface area (Å²) in [6.45, 7) is 4.69. The smallest absolute Gasteiger partial charge is 0.338 e. The maximum atomic E-state index is 13.3. The number of hydrogen-bond acceptors (Lipinski definition) is 12. The number of nitrogens with one attached hydrogen (secondary N) is 1. The third-order valence-electron chi connectivity index (χ3n) is 6.92. The lowest BCUT2D eigenvalue weighted by Crippen LogP contribution is -2.58. The van der Waals surface area contributed by atoms with E-state index in [-0.39, 0.29) is 29.8 Å². The van der Waals surface area contributed by atoms with Crippen LogP contribution in [0, 0.1) is 0 Å². The van der Waals surface area contributed by atoms with Crippen molar-refractivity contribution in [3.63, 3.8) is 0 Å². The fourth-order valence-corrected chi connectivity index (χ4v) is 6.54. The molecule has 226 valence electrons. The molecule has 2 saturated heterocycles. The van der Waals surface area contributed by atoms with Gasteiger partial charge in [0.2, 0.25) is 0 Å². The zero-order chi connectivity index (χ0) is 30.1. The number of epoxide rings is 1. The quantitative estimate of drug-likeness (QED) is 0.0691. The topological polar surface area (TPSA) is 213 Å². The Hall–Kier alpha value is -3.61. The zero-order valence-electron chi connectivity index (χ0n) is 22.9. The fraction of sp³-hybridized carbons (Fsp3) is 0.440. The first-order chi connectivity index (χ1) is 20.0. The second-order valence-electron chi connectivity index (χ2n) is 10.2. The van der Waals surface area contributed by atoms with Gasteiger partial charge in [0.1, 0.15) is 24.2 Å². The van der Waals surface area contributed by atoms with Crippen molar-refractivity contribution in [2.24, 2.45) is 10.9 Å². The number of nitrogens with zero attached hydrogens (tertiary/aromatic N) is 5. The monoisotopic (exact) mass is 620 g/mol. The van der Waals surface area contributed by atoms with Crippen LogP contribution in [0.15, 0.2) is 47.2 Å². The SMILES string of the molecule is CC1(C)C(NC(=O)/C(=N\OCCOc2ccc(-c3cnn(CCCN)c3)cc2)c2csc(N)n2)C2OC2N1S(=O)(=O)O. The Morgan fingerprint density at radius 1 is 1.26 bits per heavy atom. The van der Waals surface area contributed by atoms with E-state index < -0.39 is 40.1 Å². The van der Waals surface area contributed by atoms with Crippen LogP contribution in [0.3, 0.4) is 0 Å². The standard InChI is InChI=1S/C25H32N8O7S2/c1-25(2)21(20-23(40-20)33(25)42(35,36)37)30-22(34)19(18-14-41-24(27)29-18)31-39-11-10-38-17-6-4-15(5-7-17)16-12-28-32(13-16)9-3-8-26/h4-7,12-14,20-21,23H,3,8-11,26H2,1-2H3,(H2,27,29)(H,30,34)(H,35,36,37)/b31-19-. The molecular formula is C25H32N8O7S2. The molecule has 15 nitrogen and oxygen atoms in total. The van der Waals surface area contributed by atoms with Crippen molar-refractivity contribution in [3.05, 3.63) is 47.7 Å². The number of oxime groups is 1. The van der Waals surface area contributed by atoms with Crippen molar-refractivity contribution in [2.45, 2.75) is 50.7 Å². The number of fused-ring (bicyclic) bond motifs is 1. The first-order valence-corrected chi connectivity index (χ1v) is 15.4. The zero-order valence-corrected chi connectivity index (χ0v) is 24.5. The molecule has 42 heavy (non-hydrogen) atoms. The first-order valence-electron chi connectivity index (χ1n) is 13.1. The number of aryl methyl sites for hydroxylation is 1. The van der Waals surface area contributed by atoms with Crippen LogP contribution in [0.2, 0.25) is 0 Å². The maximum Gasteiger partial charge on any atom is 0.338 e. The highest BCUT2D eigenvalue weighted by Crippen LogP contribution is 2.47. The summed E-state index contributed by atoms with van der Waals surface area (Å²) in [5.41, 5.74) is 12.2. The molecule has 0 spiro atoms. The van der Waals surface area contributed by atoms with Gasteiger partial charge in [-0.3, -0.25) is 14.0 Å². The molecule has 0 radical (unpaired) electrons. The molecular weight excluding hydrogens is 588 g/mol. The van der Waals surface area contributed by atoms with Gasteiger partial charge in [-0.05, 0) is 44.5 Å². The largest absolute Gasteiger partial charge is 0.490 e. The van der Waals surface area contributed by atoms with Gasteiger partial charge < -0.3 is 31.1 Å². The lowest BCUT2D eigenvalue weighted by molar-refractivity contribution is -0.116. The van der Waals surface area contributed by atoms with Crippen molar-refractivity contribution in [1.29, 1.82) is 0 Å². The van der Waals surface area contributed by atoms with E-state index in [9.17, 15) is 17.8 Å². The van der Waals surface area contributed by atoms with E-state index in [0.717, 1.165) is 39.7 Å². The van der Waals surface area contributed by atoms with E-state index in [1.54, 1.807) is 25.4 Å². The number of nitrogens with two attached hydrogens (primary N) is 2. The minimum absolute atomic E-state index is 0.0192. The third-order valence-corrected chi connectivity index (χ3v) is 8.77. The fourth-order valence-electron chi connectivity index (χ4n) is 4.85. The van der Waals surface area contributed by atoms with Gasteiger partial charge in [0.25, 0.3) is 5.91 Å². The molecule has 1 aromatic carbocycles. The molecule has 2 aromatic heterocycles. The Bertz CT molecular complexity index is 1550. The number of rotatable bonds is 13.